The predicted octanol–water partition coefficient (Wildman–Crippen LogP) is 6.87. The summed E-state index contributed by atoms with van der Waals surface area (Å²) in [4.78, 5) is 25.5. The van der Waals surface area contributed by atoms with Gasteiger partial charge in [0.1, 0.15) is 0 Å². The zero-order chi connectivity index (χ0) is 34.9. The van der Waals surface area contributed by atoms with E-state index in [4.69, 9.17) is 9.47 Å². The zero-order valence-electron chi connectivity index (χ0n) is 27.6. The molecular weight excluding hydrogens is 651 g/mol. The molecule has 0 saturated carbocycles. The number of carbonyl (C=O) groups is 2. The summed E-state index contributed by atoms with van der Waals surface area (Å²) in [5.41, 5.74) is 4.87. The number of hydrogen-bond acceptors (Lipinski definition) is 7. The zero-order valence-corrected chi connectivity index (χ0v) is 28.4. The van der Waals surface area contributed by atoms with Crippen LogP contribution in [0.3, 0.4) is 0 Å². The molecule has 1 aromatic heterocycles. The fourth-order valence-corrected chi connectivity index (χ4v) is 7.06. The molecular formula is C40H39N3O6S. The normalized spacial score (nSPS) is 19.3. The maximum atomic E-state index is 13.1. The van der Waals surface area contributed by atoms with Crippen LogP contribution in [-0.4, -0.2) is 34.8 Å². The molecule has 9 nitrogen and oxygen atoms in total. The molecule has 6 rings (SSSR count). The number of hydrogen-bond donors (Lipinski definition) is 3. The summed E-state index contributed by atoms with van der Waals surface area (Å²) in [6.45, 7) is 1.39. The van der Waals surface area contributed by atoms with Gasteiger partial charge >= 0.3 is 6.03 Å². The molecule has 3 N–H and O–H groups in total. The van der Waals surface area contributed by atoms with E-state index in [-0.39, 0.29) is 18.3 Å². The van der Waals surface area contributed by atoms with Crippen LogP contribution >= 0.6 is 11.8 Å². The molecule has 0 aliphatic carbocycles. The lowest BCUT2D eigenvalue weighted by atomic mass is 9.84. The molecule has 0 spiro atoms. The first kappa shape index (κ1) is 34.8. The Morgan fingerprint density at radius 3 is 2.22 bits per heavy atom. The number of benzene rings is 4. The Labute approximate surface area is 295 Å². The molecule has 2 heterocycles. The van der Waals surface area contributed by atoms with Gasteiger partial charge in [0.15, 0.2) is 18.3 Å². The molecule has 0 radical (unpaired) electrons. The molecule has 1 aliphatic heterocycles. The van der Waals surface area contributed by atoms with Crippen LogP contribution in [0.2, 0.25) is 0 Å². The van der Waals surface area contributed by atoms with E-state index in [1.807, 2.05) is 91.0 Å². The van der Waals surface area contributed by atoms with Crippen molar-refractivity contribution in [3.8, 4) is 0 Å². The first-order valence-electron chi connectivity index (χ1n) is 16.5. The van der Waals surface area contributed by atoms with Gasteiger partial charge in [-0.05, 0) is 53.8 Å². The second kappa shape index (κ2) is 16.6. The molecule has 1 saturated heterocycles. The molecule has 4 aromatic carbocycles. The number of aliphatic hydroxyl groups is 1. The average molecular weight is 690 g/mol. The van der Waals surface area contributed by atoms with Gasteiger partial charge in [0.25, 0.3) is 5.03 Å². The van der Waals surface area contributed by atoms with E-state index in [0.29, 0.717) is 28.5 Å². The van der Waals surface area contributed by atoms with Gasteiger partial charge in [0, 0.05) is 35.1 Å². The fourth-order valence-electron chi connectivity index (χ4n) is 6.08. The van der Waals surface area contributed by atoms with Crippen molar-refractivity contribution in [1.82, 2.24) is 5.32 Å². The topological polar surface area (TPSA) is 124 Å². The van der Waals surface area contributed by atoms with Gasteiger partial charge in [0.2, 0.25) is 0 Å². The summed E-state index contributed by atoms with van der Waals surface area (Å²) < 4.78 is 14.4. The van der Waals surface area contributed by atoms with Gasteiger partial charge in [-0.25, -0.2) is 4.79 Å². The quantitative estimate of drug-likeness (QED) is 0.0743. The summed E-state index contributed by atoms with van der Waals surface area (Å²) in [7, 11) is 0. The number of anilines is 1. The Hall–Kier alpha value is -5.00. The van der Waals surface area contributed by atoms with Gasteiger partial charge in [0.05, 0.1) is 24.9 Å². The number of aromatic nitrogens is 1. The molecule has 256 valence electrons. The first-order chi connectivity index (χ1) is 24.4. The number of ether oxygens (including phenoxy) is 2. The van der Waals surface area contributed by atoms with Crippen LogP contribution in [0, 0.1) is 5.21 Å². The lowest BCUT2D eigenvalue weighted by molar-refractivity contribution is -0.645. The third kappa shape index (κ3) is 8.77. The molecule has 10 heteroatoms. The van der Waals surface area contributed by atoms with Crippen molar-refractivity contribution in [1.29, 1.82) is 0 Å². The number of urea groups is 1. The maximum absolute atomic E-state index is 13.1. The number of amides is 2. The van der Waals surface area contributed by atoms with Crippen LogP contribution in [0.25, 0.3) is 0 Å². The van der Waals surface area contributed by atoms with Gasteiger partial charge in [-0.3, -0.25) is 4.79 Å². The monoisotopic (exact) mass is 689 g/mol. The van der Waals surface area contributed by atoms with Crippen molar-refractivity contribution in [2.45, 2.75) is 55.4 Å². The maximum Gasteiger partial charge on any atom is 0.319 e. The van der Waals surface area contributed by atoms with Crippen molar-refractivity contribution in [3.63, 3.8) is 0 Å². The molecule has 1 aliphatic rings. The Morgan fingerprint density at radius 2 is 1.52 bits per heavy atom. The predicted molar refractivity (Wildman–Crippen MR) is 192 cm³/mol. The SMILES string of the molecule is CC(=O)C(Cc1ccccc1)NC(=O)Nc1cccc(C2OC(CSc3cccc[n+]3[O-])C(c3ccccc3)C(c3ccc(CO)cc3)O2)c1. The first-order valence-corrected chi connectivity index (χ1v) is 17.4. The number of aliphatic hydroxyl groups excluding tert-OH is 1. The standard InChI is InChI=1S/C40H39N3O6S/c1-27(45)34(23-28-11-4-2-5-12-28)42-40(46)41-33-16-10-15-32(24-33)39-48-35(26-50-36-17-8-9-22-43(36)47)37(30-13-6-3-7-14-30)38(49-39)31-20-18-29(25-44)19-21-31/h2-22,24,34-35,37-39,44H,23,25-26H2,1H3,(H2,41,42,46). The number of Topliss-reactive ketones (excluding diaryl/α,β-unsaturated/α-hetero) is 1. The largest absolute Gasteiger partial charge is 0.618 e. The van der Waals surface area contributed by atoms with Crippen molar-refractivity contribution in [2.24, 2.45) is 0 Å². The highest BCUT2D eigenvalue weighted by Crippen LogP contribution is 2.48. The summed E-state index contributed by atoms with van der Waals surface area (Å²) in [6.07, 6.45) is 0.208. The van der Waals surface area contributed by atoms with Crippen LogP contribution in [0.1, 0.15) is 53.1 Å². The highest BCUT2D eigenvalue weighted by atomic mass is 32.2. The van der Waals surface area contributed by atoms with Gasteiger partial charge in [-0.2, -0.15) is 4.73 Å². The van der Waals surface area contributed by atoms with Crippen LogP contribution in [-0.2, 0) is 27.3 Å². The summed E-state index contributed by atoms with van der Waals surface area (Å²) >= 11 is 1.42. The summed E-state index contributed by atoms with van der Waals surface area (Å²) in [6, 6.07) is 38.6. The van der Waals surface area contributed by atoms with E-state index in [1.165, 1.54) is 24.9 Å². The number of nitrogens with zero attached hydrogens (tertiary/aromatic N) is 1. The number of nitrogens with one attached hydrogen (secondary N) is 2. The Kier molecular flexibility index (Phi) is 11.6. The lowest BCUT2D eigenvalue weighted by Crippen LogP contribution is -2.43. The van der Waals surface area contributed by atoms with Gasteiger partial charge < -0.3 is 30.4 Å². The molecule has 5 aromatic rings. The number of ketones is 1. The number of carbonyl (C=O) groups excluding carboxylic acids is 2. The molecule has 0 bridgehead atoms. The van der Waals surface area contributed by atoms with Crippen LogP contribution in [0.15, 0.2) is 139 Å². The number of pyridine rings is 1. The van der Waals surface area contributed by atoms with Crippen molar-refractivity contribution in [2.75, 3.05) is 11.1 Å². The van der Waals surface area contributed by atoms with E-state index < -0.39 is 30.6 Å². The molecule has 50 heavy (non-hydrogen) atoms. The van der Waals surface area contributed by atoms with Crippen LogP contribution in [0.5, 0.6) is 0 Å². The van der Waals surface area contributed by atoms with E-state index in [9.17, 15) is 19.9 Å². The van der Waals surface area contributed by atoms with Gasteiger partial charge in [-0.1, -0.05) is 109 Å². The number of rotatable bonds is 12. The lowest BCUT2D eigenvalue weighted by Gasteiger charge is -2.43. The third-order valence-electron chi connectivity index (χ3n) is 8.65. The highest BCUT2D eigenvalue weighted by Gasteiger charge is 2.42. The Balaban J connectivity index is 1.27. The summed E-state index contributed by atoms with van der Waals surface area (Å²) in [5.74, 6) is 0.0871. The van der Waals surface area contributed by atoms with Crippen LogP contribution < -0.4 is 15.4 Å². The second-order valence-electron chi connectivity index (χ2n) is 12.2. The fraction of sp³-hybridized carbons (Fsp3) is 0.225. The average Bonchev–Trinajstić information content (AvgIpc) is 3.14. The minimum absolute atomic E-state index is 0.0715. The van der Waals surface area contributed by atoms with Crippen LogP contribution in [0.4, 0.5) is 10.5 Å². The van der Waals surface area contributed by atoms with E-state index in [1.54, 1.807) is 24.3 Å². The third-order valence-corrected chi connectivity index (χ3v) is 9.76. The van der Waals surface area contributed by atoms with E-state index in [2.05, 4.69) is 22.8 Å². The van der Waals surface area contributed by atoms with Crippen molar-refractivity contribution >= 4 is 29.3 Å². The molecule has 2 amide bonds. The minimum Gasteiger partial charge on any atom is -0.618 e. The summed E-state index contributed by atoms with van der Waals surface area (Å²) in [5, 5.41) is 28.5. The molecule has 5 atom stereocenters. The Morgan fingerprint density at radius 1 is 0.820 bits per heavy atom. The van der Waals surface area contributed by atoms with Crippen molar-refractivity contribution < 1.29 is 28.9 Å². The smallest absolute Gasteiger partial charge is 0.319 e. The van der Waals surface area contributed by atoms with Crippen molar-refractivity contribution in [3.05, 3.63) is 167 Å². The second-order valence-corrected chi connectivity index (χ2v) is 13.2. The van der Waals surface area contributed by atoms with Gasteiger partial charge in [-0.15, -0.1) is 0 Å². The highest BCUT2D eigenvalue weighted by molar-refractivity contribution is 7.99. The molecule has 5 unspecified atom stereocenters. The Bertz CT molecular complexity index is 1880. The molecule has 1 fully saturated rings. The number of thioether (sulfide) groups is 1. The van der Waals surface area contributed by atoms with E-state index >= 15 is 0 Å². The minimum atomic E-state index is -0.814. The van der Waals surface area contributed by atoms with E-state index in [0.717, 1.165) is 27.0 Å².